The highest BCUT2D eigenvalue weighted by Crippen LogP contribution is 2.18. The third-order valence-corrected chi connectivity index (χ3v) is 3.42. The van der Waals surface area contributed by atoms with Gasteiger partial charge in [-0.05, 0) is 17.7 Å². The molecule has 0 unspecified atom stereocenters. The number of hydrogen-bond donors (Lipinski definition) is 0. The summed E-state index contributed by atoms with van der Waals surface area (Å²) in [4.78, 5) is 17.4. The second-order valence-corrected chi connectivity index (χ2v) is 5.01. The van der Waals surface area contributed by atoms with Crippen molar-refractivity contribution in [1.29, 1.82) is 10.5 Å². The Morgan fingerprint density at radius 2 is 2.17 bits per heavy atom. The van der Waals surface area contributed by atoms with E-state index in [1.165, 1.54) is 35.0 Å². The molecule has 0 saturated heterocycles. The van der Waals surface area contributed by atoms with Crippen LogP contribution < -0.4 is 4.74 Å². The van der Waals surface area contributed by atoms with E-state index >= 15 is 0 Å². The van der Waals surface area contributed by atoms with Crippen LogP contribution in [0.15, 0.2) is 24.5 Å². The van der Waals surface area contributed by atoms with Gasteiger partial charge in [0.25, 0.3) is 0 Å². The number of halogens is 1. The molecule has 24 heavy (non-hydrogen) atoms. The summed E-state index contributed by atoms with van der Waals surface area (Å²) in [5.74, 6) is -0.672. The van der Waals surface area contributed by atoms with Crippen molar-refractivity contribution in [2.75, 3.05) is 14.2 Å². The monoisotopic (exact) mass is 327 g/mol. The molecule has 0 saturated carbocycles. The molecule has 1 aromatic carbocycles. The van der Waals surface area contributed by atoms with E-state index in [0.717, 1.165) is 0 Å². The predicted molar refractivity (Wildman–Crippen MR) is 81.1 cm³/mol. The Balaban J connectivity index is 2.08. The molecule has 0 spiro atoms. The number of imidazole rings is 1. The van der Waals surface area contributed by atoms with Crippen molar-refractivity contribution in [3.63, 3.8) is 0 Å². The summed E-state index contributed by atoms with van der Waals surface area (Å²) in [5, 5.41) is 17.9. The fourth-order valence-electron chi connectivity index (χ4n) is 2.14. The molecule has 7 nitrogen and oxygen atoms in total. The van der Waals surface area contributed by atoms with Crippen molar-refractivity contribution in [1.82, 2.24) is 14.5 Å². The minimum absolute atomic E-state index is 0.0230. The Bertz CT molecular complexity index is 847. The zero-order valence-corrected chi connectivity index (χ0v) is 13.2. The summed E-state index contributed by atoms with van der Waals surface area (Å²) >= 11 is 0. The fraction of sp³-hybridized carbons (Fsp3) is 0.250. The first kappa shape index (κ1) is 17.0. The topological polar surface area (TPSA) is 94.9 Å². The lowest BCUT2D eigenvalue weighted by Gasteiger charge is -2.18. The predicted octanol–water partition coefficient (Wildman–Crippen LogP) is 1.43. The van der Waals surface area contributed by atoms with Crippen molar-refractivity contribution < 1.29 is 13.9 Å². The minimum Gasteiger partial charge on any atom is -0.494 e. The molecule has 1 aromatic heterocycles. The van der Waals surface area contributed by atoms with Gasteiger partial charge in [0.2, 0.25) is 5.91 Å². The van der Waals surface area contributed by atoms with Gasteiger partial charge in [-0.25, -0.2) is 9.37 Å². The summed E-state index contributed by atoms with van der Waals surface area (Å²) < 4.78 is 19.8. The van der Waals surface area contributed by atoms with Crippen molar-refractivity contribution >= 4 is 5.91 Å². The van der Waals surface area contributed by atoms with E-state index in [2.05, 4.69) is 4.98 Å². The van der Waals surface area contributed by atoms with Gasteiger partial charge >= 0.3 is 0 Å². The first-order chi connectivity index (χ1) is 11.5. The Labute approximate surface area is 138 Å². The van der Waals surface area contributed by atoms with Gasteiger partial charge in [-0.1, -0.05) is 6.07 Å². The van der Waals surface area contributed by atoms with Crippen LogP contribution in [0.5, 0.6) is 5.75 Å². The van der Waals surface area contributed by atoms with E-state index in [4.69, 9.17) is 15.3 Å². The number of ether oxygens (including phenoxy) is 1. The molecule has 0 aliphatic carbocycles. The molecule has 122 valence electrons. The van der Waals surface area contributed by atoms with Crippen LogP contribution in [0.3, 0.4) is 0 Å². The van der Waals surface area contributed by atoms with Gasteiger partial charge in [0.05, 0.1) is 13.4 Å². The normalized spacial score (nSPS) is 9.88. The highest BCUT2D eigenvalue weighted by atomic mass is 19.1. The smallest absolute Gasteiger partial charge is 0.242 e. The number of aromatic nitrogens is 2. The third kappa shape index (κ3) is 3.50. The third-order valence-electron chi connectivity index (χ3n) is 3.42. The Morgan fingerprint density at radius 3 is 2.75 bits per heavy atom. The number of carbonyl (C=O) groups is 1. The molecule has 0 atom stereocenters. The van der Waals surface area contributed by atoms with Gasteiger partial charge in [0, 0.05) is 13.6 Å². The number of hydrogen-bond acceptors (Lipinski definition) is 5. The molecule has 1 amide bonds. The van der Waals surface area contributed by atoms with Gasteiger partial charge in [-0.2, -0.15) is 10.5 Å². The average molecular weight is 327 g/mol. The number of carbonyl (C=O) groups excluding carboxylic acids is 1. The molecule has 1 heterocycles. The Hall–Kier alpha value is -3.39. The number of amides is 1. The van der Waals surface area contributed by atoms with Crippen LogP contribution in [0.1, 0.15) is 17.0 Å². The number of benzene rings is 1. The second kappa shape index (κ2) is 7.25. The molecule has 0 aliphatic heterocycles. The summed E-state index contributed by atoms with van der Waals surface area (Å²) in [6.45, 7) is 0.0636. The van der Waals surface area contributed by atoms with Gasteiger partial charge in [-0.3, -0.25) is 4.79 Å². The number of nitriles is 2. The average Bonchev–Trinajstić information content (AvgIpc) is 2.96. The molecule has 2 rings (SSSR count). The van der Waals surface area contributed by atoms with Crippen LogP contribution in [0.4, 0.5) is 4.39 Å². The maximum absolute atomic E-state index is 13.7. The minimum atomic E-state index is -0.504. The number of likely N-dealkylation sites (N-methyl/N-ethyl adjacent to an activating group) is 1. The molecule has 0 radical (unpaired) electrons. The maximum atomic E-state index is 13.7. The van der Waals surface area contributed by atoms with E-state index in [0.29, 0.717) is 5.56 Å². The summed E-state index contributed by atoms with van der Waals surface area (Å²) in [7, 11) is 2.94. The van der Waals surface area contributed by atoms with Crippen LogP contribution >= 0.6 is 0 Å². The van der Waals surface area contributed by atoms with Crippen LogP contribution in [0.2, 0.25) is 0 Å². The van der Waals surface area contributed by atoms with Crippen LogP contribution in [0.25, 0.3) is 0 Å². The number of nitrogens with zero attached hydrogens (tertiary/aromatic N) is 5. The first-order valence-electron chi connectivity index (χ1n) is 6.91. The molecular formula is C16H14FN5O2. The van der Waals surface area contributed by atoms with Crippen LogP contribution in [-0.2, 0) is 17.9 Å². The molecule has 0 N–H and O–H groups in total. The summed E-state index contributed by atoms with van der Waals surface area (Å²) in [5.41, 5.74) is 0.618. The molecule has 8 heteroatoms. The molecular weight excluding hydrogens is 313 g/mol. The Kier molecular flexibility index (Phi) is 5.13. The van der Waals surface area contributed by atoms with E-state index in [9.17, 15) is 9.18 Å². The van der Waals surface area contributed by atoms with Crippen LogP contribution in [-0.4, -0.2) is 34.5 Å². The second-order valence-electron chi connectivity index (χ2n) is 5.01. The van der Waals surface area contributed by atoms with E-state index in [1.54, 1.807) is 19.2 Å². The van der Waals surface area contributed by atoms with Gasteiger partial charge in [0.1, 0.15) is 18.7 Å². The molecule has 0 fully saturated rings. The lowest BCUT2D eigenvalue weighted by atomic mass is 10.2. The van der Waals surface area contributed by atoms with Crippen molar-refractivity contribution in [2.24, 2.45) is 0 Å². The summed E-state index contributed by atoms with van der Waals surface area (Å²) in [6.07, 6.45) is 1.27. The fourth-order valence-corrected chi connectivity index (χ4v) is 2.14. The SMILES string of the molecule is COc1ccc(CN(C)C(=O)Cn2cnc(C#N)c2C#N)cc1F. The van der Waals surface area contributed by atoms with Crippen molar-refractivity contribution in [3.05, 3.63) is 47.3 Å². The standard InChI is InChI=1S/C16H14FN5O2/c1-21(8-11-3-4-15(24-2)12(17)5-11)16(23)9-22-10-20-13(6-18)14(22)7-19/h3-5,10H,8-9H2,1-2H3. The molecule has 0 bridgehead atoms. The summed E-state index contributed by atoms with van der Waals surface area (Å²) in [6, 6.07) is 8.10. The largest absolute Gasteiger partial charge is 0.494 e. The highest BCUT2D eigenvalue weighted by molar-refractivity contribution is 5.76. The quantitative estimate of drug-likeness (QED) is 0.828. The number of rotatable bonds is 5. The van der Waals surface area contributed by atoms with Crippen LogP contribution in [0, 0.1) is 28.5 Å². The van der Waals surface area contributed by atoms with E-state index < -0.39 is 5.82 Å². The van der Waals surface area contributed by atoms with Gasteiger partial charge < -0.3 is 14.2 Å². The van der Waals surface area contributed by atoms with E-state index in [1.807, 2.05) is 6.07 Å². The lowest BCUT2D eigenvalue weighted by molar-refractivity contribution is -0.131. The Morgan fingerprint density at radius 1 is 1.42 bits per heavy atom. The van der Waals surface area contributed by atoms with Crippen molar-refractivity contribution in [3.8, 4) is 17.9 Å². The zero-order chi connectivity index (χ0) is 17.7. The molecule has 0 aliphatic rings. The highest BCUT2D eigenvalue weighted by Gasteiger charge is 2.16. The number of methoxy groups -OCH3 is 1. The lowest BCUT2D eigenvalue weighted by Crippen LogP contribution is -2.30. The zero-order valence-electron chi connectivity index (χ0n) is 13.2. The molecule has 2 aromatic rings. The maximum Gasteiger partial charge on any atom is 0.242 e. The first-order valence-corrected chi connectivity index (χ1v) is 6.91. The van der Waals surface area contributed by atoms with Gasteiger partial charge in [0.15, 0.2) is 23.0 Å². The van der Waals surface area contributed by atoms with Crippen molar-refractivity contribution in [2.45, 2.75) is 13.1 Å². The van der Waals surface area contributed by atoms with E-state index in [-0.39, 0.29) is 36.1 Å². The van der Waals surface area contributed by atoms with Gasteiger partial charge in [-0.15, -0.1) is 0 Å².